The number of esters is 1. The van der Waals surface area contributed by atoms with Gasteiger partial charge >= 0.3 is 12.1 Å². The van der Waals surface area contributed by atoms with Crippen LogP contribution < -0.4 is 0 Å². The Bertz CT molecular complexity index is 959. The van der Waals surface area contributed by atoms with Crippen molar-refractivity contribution >= 4 is 34.5 Å². The summed E-state index contributed by atoms with van der Waals surface area (Å²) in [4.78, 5) is 16.4. The molecule has 9 heteroatoms. The molecule has 0 atom stereocenters. The molecule has 0 aliphatic carbocycles. The first kappa shape index (κ1) is 18.8. The van der Waals surface area contributed by atoms with Gasteiger partial charge in [-0.15, -0.1) is 0 Å². The van der Waals surface area contributed by atoms with Crippen molar-refractivity contribution in [1.82, 2.24) is 0 Å². The van der Waals surface area contributed by atoms with Gasteiger partial charge in [-0.1, -0.05) is 17.8 Å². The van der Waals surface area contributed by atoms with Crippen LogP contribution in [0.1, 0.15) is 11.3 Å². The van der Waals surface area contributed by atoms with Crippen LogP contribution in [0.5, 0.6) is 0 Å². The van der Waals surface area contributed by atoms with Gasteiger partial charge in [0, 0.05) is 0 Å². The summed E-state index contributed by atoms with van der Waals surface area (Å²) in [6.45, 7) is 0. The van der Waals surface area contributed by atoms with Gasteiger partial charge in [-0.2, -0.15) is 13.2 Å². The van der Waals surface area contributed by atoms with E-state index in [4.69, 9.17) is 4.42 Å². The molecule has 1 N–H and O–H groups in total. The Morgan fingerprint density at radius 2 is 2.07 bits per heavy atom. The molecule has 2 heterocycles. The molecule has 0 amide bonds. The molecule has 140 valence electrons. The molecule has 0 spiro atoms. The van der Waals surface area contributed by atoms with Crippen LogP contribution in [-0.4, -0.2) is 23.2 Å². The maximum Gasteiger partial charge on any atom is 0.416 e. The van der Waals surface area contributed by atoms with E-state index in [-0.39, 0.29) is 27.0 Å². The fourth-order valence-electron chi connectivity index (χ4n) is 2.26. The summed E-state index contributed by atoms with van der Waals surface area (Å²) in [5, 5.41) is 10.4. The van der Waals surface area contributed by atoms with Crippen LogP contribution in [0.2, 0.25) is 0 Å². The number of carbonyl (C=O) groups excluding carboxylic acids is 1. The number of furan rings is 1. The van der Waals surface area contributed by atoms with E-state index in [1.165, 1.54) is 24.5 Å². The number of thioether (sulfide) groups is 1. The fourth-order valence-corrected chi connectivity index (χ4v) is 3.28. The number of carbonyl (C=O) groups is 1. The molecule has 27 heavy (non-hydrogen) atoms. The monoisotopic (exact) mass is 395 g/mol. The van der Waals surface area contributed by atoms with Gasteiger partial charge in [-0.25, -0.2) is 9.79 Å². The van der Waals surface area contributed by atoms with Crippen molar-refractivity contribution in [2.75, 3.05) is 7.11 Å². The molecular weight excluding hydrogens is 383 g/mol. The van der Waals surface area contributed by atoms with Crippen molar-refractivity contribution in [3.63, 3.8) is 0 Å². The number of halogens is 3. The molecule has 1 aromatic heterocycles. The summed E-state index contributed by atoms with van der Waals surface area (Å²) < 4.78 is 48.5. The average Bonchev–Trinajstić information content (AvgIpc) is 3.23. The van der Waals surface area contributed by atoms with E-state index in [2.05, 4.69) is 9.73 Å². The quantitative estimate of drug-likeness (QED) is 0.732. The van der Waals surface area contributed by atoms with Gasteiger partial charge in [0.15, 0.2) is 0 Å². The minimum Gasteiger partial charge on any atom is -0.506 e. The number of hydrogen-bond donors (Lipinski definition) is 1. The molecule has 3 rings (SSSR count). The van der Waals surface area contributed by atoms with Crippen LogP contribution in [0.3, 0.4) is 0 Å². The first-order valence-corrected chi connectivity index (χ1v) is 8.32. The molecule has 5 nitrogen and oxygen atoms in total. The highest BCUT2D eigenvalue weighted by molar-refractivity contribution is 8.18. The van der Waals surface area contributed by atoms with Crippen LogP contribution in [0.4, 0.5) is 18.9 Å². The van der Waals surface area contributed by atoms with Gasteiger partial charge in [0.2, 0.25) is 0 Å². The van der Waals surface area contributed by atoms with Crippen molar-refractivity contribution in [3.05, 3.63) is 70.2 Å². The number of alkyl halides is 3. The Balaban J connectivity index is 2.04. The smallest absolute Gasteiger partial charge is 0.416 e. The molecule has 1 aromatic carbocycles. The number of hydrogen-bond acceptors (Lipinski definition) is 6. The summed E-state index contributed by atoms with van der Waals surface area (Å²) in [6, 6.07) is 7.63. The van der Waals surface area contributed by atoms with Crippen molar-refractivity contribution in [1.29, 1.82) is 0 Å². The Labute approximate surface area is 155 Å². The summed E-state index contributed by atoms with van der Waals surface area (Å²) >= 11 is 0.922. The van der Waals surface area contributed by atoms with Crippen LogP contribution >= 0.6 is 11.8 Å². The summed E-state index contributed by atoms with van der Waals surface area (Å²) in [7, 11) is 1.13. The molecular formula is C18H12F3NO4S. The van der Waals surface area contributed by atoms with E-state index in [9.17, 15) is 23.1 Å². The standard InChI is InChI=1S/C18H12F3NO4S/c1-25-17(24)14-15(23)13(9-12-6-3-7-26-12)27-16(14)22-11-5-2-4-10(8-11)18(19,20)21/h2-9,23H,1H3/b13-9-,22-16?. The molecule has 0 saturated carbocycles. The number of aliphatic hydroxyl groups is 1. The predicted octanol–water partition coefficient (Wildman–Crippen LogP) is 5.10. The maximum absolute atomic E-state index is 12.9. The van der Waals surface area contributed by atoms with E-state index in [1.54, 1.807) is 12.1 Å². The number of benzene rings is 1. The topological polar surface area (TPSA) is 72.0 Å². The Morgan fingerprint density at radius 1 is 1.30 bits per heavy atom. The van der Waals surface area contributed by atoms with Crippen molar-refractivity contribution in [2.24, 2.45) is 4.99 Å². The largest absolute Gasteiger partial charge is 0.506 e. The average molecular weight is 395 g/mol. The molecule has 0 unspecified atom stereocenters. The normalized spacial score (nSPS) is 17.8. The second-order valence-corrected chi connectivity index (χ2v) is 6.34. The van der Waals surface area contributed by atoms with E-state index in [1.807, 2.05) is 0 Å². The van der Waals surface area contributed by atoms with E-state index >= 15 is 0 Å². The predicted molar refractivity (Wildman–Crippen MR) is 94.5 cm³/mol. The van der Waals surface area contributed by atoms with Crippen LogP contribution in [0, 0.1) is 0 Å². The van der Waals surface area contributed by atoms with Crippen molar-refractivity contribution < 1.29 is 32.2 Å². The lowest BCUT2D eigenvalue weighted by atomic mass is 10.2. The van der Waals surface area contributed by atoms with Gasteiger partial charge in [0.05, 0.1) is 29.5 Å². The highest BCUT2D eigenvalue weighted by Crippen LogP contribution is 2.40. The maximum atomic E-state index is 12.9. The number of aliphatic imine (C=N–C) groups is 1. The van der Waals surface area contributed by atoms with E-state index < -0.39 is 17.7 Å². The SMILES string of the molecule is COC(=O)C1=C(O)/C(=C/c2ccco2)SC1=Nc1cccc(C(F)(F)F)c1. The number of rotatable bonds is 3. The Hall–Kier alpha value is -2.94. The Kier molecular flexibility index (Phi) is 5.13. The zero-order valence-electron chi connectivity index (χ0n) is 13.8. The van der Waals surface area contributed by atoms with Crippen LogP contribution in [0.15, 0.2) is 68.3 Å². The Morgan fingerprint density at radius 3 is 2.70 bits per heavy atom. The van der Waals surface area contributed by atoms with Gasteiger partial charge in [-0.3, -0.25) is 0 Å². The number of methoxy groups -OCH3 is 1. The van der Waals surface area contributed by atoms with Gasteiger partial charge in [0.1, 0.15) is 22.1 Å². The molecule has 1 aliphatic heterocycles. The second-order valence-electron chi connectivity index (χ2n) is 5.31. The zero-order chi connectivity index (χ0) is 19.6. The van der Waals surface area contributed by atoms with Gasteiger partial charge in [0.25, 0.3) is 0 Å². The molecule has 1 aliphatic rings. The molecule has 0 radical (unpaired) electrons. The molecule has 0 bridgehead atoms. The minimum atomic E-state index is -4.52. The van der Waals surface area contributed by atoms with E-state index in [0.717, 1.165) is 31.0 Å². The fraction of sp³-hybridized carbons (Fsp3) is 0.111. The molecule has 2 aromatic rings. The van der Waals surface area contributed by atoms with Crippen LogP contribution in [0.25, 0.3) is 6.08 Å². The van der Waals surface area contributed by atoms with Crippen molar-refractivity contribution in [3.8, 4) is 0 Å². The van der Waals surface area contributed by atoms with Crippen molar-refractivity contribution in [2.45, 2.75) is 6.18 Å². The first-order valence-electron chi connectivity index (χ1n) is 7.51. The highest BCUT2D eigenvalue weighted by atomic mass is 32.2. The first-order chi connectivity index (χ1) is 12.8. The highest BCUT2D eigenvalue weighted by Gasteiger charge is 2.34. The third-order valence-electron chi connectivity index (χ3n) is 3.50. The number of nitrogens with zero attached hydrogens (tertiary/aromatic N) is 1. The second kappa shape index (κ2) is 7.36. The van der Waals surface area contributed by atoms with Crippen LogP contribution in [-0.2, 0) is 15.7 Å². The summed E-state index contributed by atoms with van der Waals surface area (Å²) in [5.74, 6) is -0.809. The summed E-state index contributed by atoms with van der Waals surface area (Å²) in [5.41, 5.74) is -1.11. The summed E-state index contributed by atoms with van der Waals surface area (Å²) in [6.07, 6.45) is -1.60. The lowest BCUT2D eigenvalue weighted by Gasteiger charge is -2.07. The molecule has 0 saturated heterocycles. The number of aliphatic hydroxyl groups excluding tert-OH is 1. The third kappa shape index (κ3) is 4.08. The minimum absolute atomic E-state index is 0.0132. The van der Waals surface area contributed by atoms with Gasteiger partial charge in [-0.05, 0) is 36.4 Å². The lowest BCUT2D eigenvalue weighted by Crippen LogP contribution is -2.10. The zero-order valence-corrected chi connectivity index (χ0v) is 14.6. The van der Waals surface area contributed by atoms with E-state index in [0.29, 0.717) is 5.76 Å². The van der Waals surface area contributed by atoms with Gasteiger partial charge < -0.3 is 14.3 Å². The third-order valence-corrected chi connectivity index (χ3v) is 4.52. The number of ether oxygens (including phenoxy) is 1. The lowest BCUT2D eigenvalue weighted by molar-refractivity contribution is -0.137. The molecule has 0 fully saturated rings.